The zero-order valence-corrected chi connectivity index (χ0v) is 18.2. The molecule has 0 aliphatic carbocycles. The van der Waals surface area contributed by atoms with E-state index in [4.69, 9.17) is 11.0 Å². The summed E-state index contributed by atoms with van der Waals surface area (Å²) >= 11 is 0. The molecule has 1 aromatic carbocycles. The Morgan fingerprint density at radius 2 is 1.88 bits per heavy atom. The Bertz CT molecular complexity index is 1110. The Morgan fingerprint density at radius 3 is 2.47 bits per heavy atom. The van der Waals surface area contributed by atoms with Gasteiger partial charge < -0.3 is 15.5 Å². The Hall–Kier alpha value is -3.68. The van der Waals surface area contributed by atoms with E-state index in [2.05, 4.69) is 9.97 Å². The van der Waals surface area contributed by atoms with E-state index in [0.717, 1.165) is 12.1 Å². The Balaban J connectivity index is 1.48. The van der Waals surface area contributed by atoms with E-state index in [9.17, 15) is 22.8 Å². The zero-order chi connectivity index (χ0) is 24.5. The maximum atomic E-state index is 13.4. The molecule has 0 bridgehead atoms. The summed E-state index contributed by atoms with van der Waals surface area (Å²) in [5, 5.41) is 9.04. The van der Waals surface area contributed by atoms with Gasteiger partial charge in [-0.15, -0.1) is 0 Å². The number of carbonyl (C=O) groups is 2. The van der Waals surface area contributed by atoms with Crippen LogP contribution in [0, 0.1) is 29.1 Å². The monoisotopic (exact) mass is 472 g/mol. The van der Waals surface area contributed by atoms with Gasteiger partial charge in [-0.1, -0.05) is 0 Å². The van der Waals surface area contributed by atoms with Crippen LogP contribution in [0.2, 0.25) is 0 Å². The third kappa shape index (κ3) is 4.66. The van der Waals surface area contributed by atoms with Crippen molar-refractivity contribution >= 4 is 17.5 Å². The zero-order valence-electron chi connectivity index (χ0n) is 18.2. The van der Waals surface area contributed by atoms with Crippen molar-refractivity contribution in [3.63, 3.8) is 0 Å². The molecule has 2 atom stereocenters. The number of alkyl halides is 3. The van der Waals surface area contributed by atoms with E-state index >= 15 is 0 Å². The number of piperidine rings is 1. The fourth-order valence-electron chi connectivity index (χ4n) is 4.98. The summed E-state index contributed by atoms with van der Waals surface area (Å²) in [6, 6.07) is 5.16. The van der Waals surface area contributed by atoms with Crippen molar-refractivity contribution in [3.8, 4) is 6.07 Å². The molecule has 2 amide bonds. The van der Waals surface area contributed by atoms with E-state index in [1.807, 2.05) is 0 Å². The highest BCUT2D eigenvalue weighted by atomic mass is 19.4. The molecule has 1 aromatic heterocycles. The van der Waals surface area contributed by atoms with Crippen LogP contribution < -0.4 is 10.6 Å². The number of aromatic nitrogens is 2. The largest absolute Gasteiger partial charge is 0.417 e. The lowest BCUT2D eigenvalue weighted by molar-refractivity contribution is -0.137. The molecule has 2 fully saturated rings. The lowest BCUT2D eigenvalue weighted by atomic mass is 9.78. The number of anilines is 1. The number of nitrogens with two attached hydrogens (primary N) is 1. The first-order chi connectivity index (χ1) is 16.2. The Labute approximate surface area is 194 Å². The maximum absolute atomic E-state index is 13.4. The highest BCUT2D eigenvalue weighted by molar-refractivity contribution is 5.92. The number of benzene rings is 1. The van der Waals surface area contributed by atoms with Crippen LogP contribution in [0.15, 0.2) is 36.8 Å². The van der Waals surface area contributed by atoms with Gasteiger partial charge in [-0.05, 0) is 42.9 Å². The average molecular weight is 472 g/mol. The smallest absolute Gasteiger partial charge is 0.370 e. The van der Waals surface area contributed by atoms with Gasteiger partial charge in [0.2, 0.25) is 5.91 Å². The van der Waals surface area contributed by atoms with Crippen LogP contribution in [-0.4, -0.2) is 52.9 Å². The Kier molecular flexibility index (Phi) is 6.41. The predicted molar refractivity (Wildman–Crippen MR) is 115 cm³/mol. The van der Waals surface area contributed by atoms with Gasteiger partial charge in [0.15, 0.2) is 0 Å². The molecular weight excluding hydrogens is 449 g/mol. The first-order valence-electron chi connectivity index (χ1n) is 10.9. The molecule has 2 saturated heterocycles. The molecule has 2 aromatic rings. The van der Waals surface area contributed by atoms with E-state index in [0.29, 0.717) is 38.2 Å². The number of halogens is 3. The fraction of sp³-hybridized carbons (Fsp3) is 0.435. The molecule has 0 spiro atoms. The van der Waals surface area contributed by atoms with E-state index in [1.165, 1.54) is 24.7 Å². The van der Waals surface area contributed by atoms with Crippen LogP contribution in [-0.2, 0) is 11.0 Å². The summed E-state index contributed by atoms with van der Waals surface area (Å²) in [6.07, 6.45) is 0.998. The van der Waals surface area contributed by atoms with Crippen LogP contribution in [0.5, 0.6) is 0 Å². The number of nitriles is 1. The molecule has 2 aliphatic heterocycles. The lowest BCUT2D eigenvalue weighted by Gasteiger charge is -2.35. The molecule has 8 nitrogen and oxygen atoms in total. The second kappa shape index (κ2) is 9.29. The number of amides is 2. The van der Waals surface area contributed by atoms with Crippen molar-refractivity contribution in [1.82, 2.24) is 14.9 Å². The topological polar surface area (TPSA) is 116 Å². The second-order valence-electron chi connectivity index (χ2n) is 8.64. The molecule has 2 aliphatic rings. The second-order valence-corrected chi connectivity index (χ2v) is 8.64. The van der Waals surface area contributed by atoms with Gasteiger partial charge in [0.05, 0.1) is 29.3 Å². The molecule has 34 heavy (non-hydrogen) atoms. The fourth-order valence-corrected chi connectivity index (χ4v) is 4.98. The number of rotatable bonds is 4. The van der Waals surface area contributed by atoms with Gasteiger partial charge in [0.1, 0.15) is 5.69 Å². The Morgan fingerprint density at radius 1 is 1.15 bits per heavy atom. The van der Waals surface area contributed by atoms with Crippen LogP contribution in [0.4, 0.5) is 18.9 Å². The molecule has 178 valence electrons. The van der Waals surface area contributed by atoms with Crippen molar-refractivity contribution in [3.05, 3.63) is 53.6 Å². The summed E-state index contributed by atoms with van der Waals surface area (Å²) in [5.41, 5.74) is 4.79. The highest BCUT2D eigenvalue weighted by Gasteiger charge is 2.43. The summed E-state index contributed by atoms with van der Waals surface area (Å²) in [6.45, 7) is 1.55. The molecule has 0 saturated carbocycles. The molecule has 0 unspecified atom stereocenters. The minimum Gasteiger partial charge on any atom is -0.370 e. The van der Waals surface area contributed by atoms with Gasteiger partial charge >= 0.3 is 6.18 Å². The van der Waals surface area contributed by atoms with Crippen LogP contribution in [0.1, 0.15) is 34.5 Å². The lowest BCUT2D eigenvalue weighted by Crippen LogP contribution is -2.42. The summed E-state index contributed by atoms with van der Waals surface area (Å²) in [4.78, 5) is 36.2. The van der Waals surface area contributed by atoms with Crippen LogP contribution >= 0.6 is 0 Å². The third-order valence-corrected chi connectivity index (χ3v) is 6.74. The van der Waals surface area contributed by atoms with Crippen molar-refractivity contribution in [2.24, 2.45) is 23.5 Å². The van der Waals surface area contributed by atoms with E-state index in [1.54, 1.807) is 15.9 Å². The molecule has 3 heterocycles. The number of hydrogen-bond donors (Lipinski definition) is 1. The third-order valence-electron chi connectivity index (χ3n) is 6.74. The number of likely N-dealkylation sites (tertiary alicyclic amines) is 1. The van der Waals surface area contributed by atoms with Gasteiger partial charge in [0, 0.05) is 44.3 Å². The summed E-state index contributed by atoms with van der Waals surface area (Å²) < 4.78 is 40.2. The summed E-state index contributed by atoms with van der Waals surface area (Å²) in [7, 11) is 0. The van der Waals surface area contributed by atoms with Gasteiger partial charge in [0.25, 0.3) is 5.91 Å². The number of hydrogen-bond acceptors (Lipinski definition) is 6. The van der Waals surface area contributed by atoms with Crippen LogP contribution in [0.3, 0.4) is 0 Å². The number of nitrogens with zero attached hydrogens (tertiary/aromatic N) is 5. The van der Waals surface area contributed by atoms with Crippen molar-refractivity contribution in [2.75, 3.05) is 31.1 Å². The van der Waals surface area contributed by atoms with Crippen LogP contribution in [0.25, 0.3) is 0 Å². The van der Waals surface area contributed by atoms with Crippen molar-refractivity contribution in [2.45, 2.75) is 19.0 Å². The number of primary amides is 1. The van der Waals surface area contributed by atoms with Gasteiger partial charge in [-0.3, -0.25) is 14.6 Å². The molecule has 4 rings (SSSR count). The normalized spacial score (nSPS) is 21.4. The average Bonchev–Trinajstić information content (AvgIpc) is 3.29. The minimum atomic E-state index is -4.66. The van der Waals surface area contributed by atoms with E-state index in [-0.39, 0.29) is 30.0 Å². The quantitative estimate of drug-likeness (QED) is 0.731. The maximum Gasteiger partial charge on any atom is 0.417 e. The highest BCUT2D eigenvalue weighted by Crippen LogP contribution is 2.40. The molecule has 0 radical (unpaired) electrons. The number of carbonyl (C=O) groups excluding carboxylic acids is 2. The summed E-state index contributed by atoms with van der Waals surface area (Å²) in [5.74, 6) is -1.26. The first kappa shape index (κ1) is 23.5. The molecule has 2 N–H and O–H groups in total. The predicted octanol–water partition coefficient (Wildman–Crippen LogP) is 2.46. The van der Waals surface area contributed by atoms with Crippen molar-refractivity contribution in [1.29, 1.82) is 5.26 Å². The van der Waals surface area contributed by atoms with Gasteiger partial charge in [-0.2, -0.15) is 18.4 Å². The standard InChI is InChI=1S/C23H23F3N6O2/c24-23(25,26)19-9-16(2-1-15(19)10-27)32-12-17(18(13-32)21(28)33)14-3-7-31(8-4-14)22(34)20-11-29-5-6-30-20/h1-2,5-6,9,11,14,17-18H,3-4,7-8,12-13H2,(H2,28,33)/t17-,18+/m0/s1. The van der Waals surface area contributed by atoms with Gasteiger partial charge in [-0.25, -0.2) is 4.98 Å². The minimum absolute atomic E-state index is 0.0916. The van der Waals surface area contributed by atoms with Crippen molar-refractivity contribution < 1.29 is 22.8 Å². The molecular formula is C23H23F3N6O2. The first-order valence-corrected chi connectivity index (χ1v) is 10.9. The van der Waals surface area contributed by atoms with E-state index < -0.39 is 29.1 Å². The molecule has 11 heteroatoms. The SMILES string of the molecule is N#Cc1ccc(N2C[C@@H](C(N)=O)[C@H](C3CCN(C(=O)c4cnccn4)CC3)C2)cc1C(F)(F)F.